The summed E-state index contributed by atoms with van der Waals surface area (Å²) < 4.78 is 32.9. The molecule has 4 rings (SSSR count). The van der Waals surface area contributed by atoms with Gasteiger partial charge in [0.15, 0.2) is 0 Å². The highest BCUT2D eigenvalue weighted by Crippen LogP contribution is 2.23. The van der Waals surface area contributed by atoms with Crippen LogP contribution < -0.4 is 14.4 Å². The van der Waals surface area contributed by atoms with Crippen LogP contribution in [-0.4, -0.2) is 34.5 Å². The van der Waals surface area contributed by atoms with Crippen molar-refractivity contribution in [3.8, 4) is 5.75 Å². The summed E-state index contributed by atoms with van der Waals surface area (Å²) in [6.07, 6.45) is 0. The maximum atomic E-state index is 13.0. The smallest absolute Gasteiger partial charge is 0.264 e. The first kappa shape index (κ1) is 23.3. The lowest BCUT2D eigenvalue weighted by Crippen LogP contribution is -2.29. The van der Waals surface area contributed by atoms with E-state index in [1.807, 2.05) is 49.4 Å². The summed E-state index contributed by atoms with van der Waals surface area (Å²) in [5.74, 6) is 0.433. The van der Waals surface area contributed by atoms with E-state index < -0.39 is 10.0 Å². The molecular formula is C27H26N2O4S. The van der Waals surface area contributed by atoms with Crippen LogP contribution >= 0.6 is 0 Å². The van der Waals surface area contributed by atoms with Crippen molar-refractivity contribution in [2.75, 3.05) is 24.5 Å². The Bertz CT molecular complexity index is 1420. The predicted octanol–water partition coefficient (Wildman–Crippen LogP) is 4.78. The van der Waals surface area contributed by atoms with Crippen LogP contribution in [0.2, 0.25) is 0 Å². The van der Waals surface area contributed by atoms with Gasteiger partial charge in [0.2, 0.25) is 0 Å². The molecule has 0 aliphatic carbocycles. The fourth-order valence-corrected chi connectivity index (χ4v) is 4.73. The summed E-state index contributed by atoms with van der Waals surface area (Å²) in [5.41, 5.74) is 1.75. The zero-order chi connectivity index (χ0) is 24.1. The van der Waals surface area contributed by atoms with Crippen LogP contribution in [0.3, 0.4) is 0 Å². The Balaban J connectivity index is 1.37. The largest absolute Gasteiger partial charge is 0.492 e. The Morgan fingerprint density at radius 1 is 0.882 bits per heavy atom. The van der Waals surface area contributed by atoms with Gasteiger partial charge in [0, 0.05) is 12.6 Å². The van der Waals surface area contributed by atoms with Gasteiger partial charge in [-0.15, -0.1) is 0 Å². The lowest BCUT2D eigenvalue weighted by molar-refractivity contribution is 0.0947. The molecule has 0 aliphatic heterocycles. The number of carbonyl (C=O) groups excluding carboxylic acids is 1. The highest BCUT2D eigenvalue weighted by Gasteiger charge is 2.21. The van der Waals surface area contributed by atoms with Gasteiger partial charge in [-0.2, -0.15) is 0 Å². The van der Waals surface area contributed by atoms with E-state index in [0.29, 0.717) is 24.4 Å². The van der Waals surface area contributed by atoms with Crippen LogP contribution in [0.25, 0.3) is 10.8 Å². The summed E-state index contributed by atoms with van der Waals surface area (Å²) in [4.78, 5) is 12.8. The highest BCUT2D eigenvalue weighted by molar-refractivity contribution is 7.92. The third-order valence-electron chi connectivity index (χ3n) is 5.53. The molecule has 4 aromatic carbocycles. The number of nitrogens with zero attached hydrogens (tertiary/aromatic N) is 1. The first-order valence-electron chi connectivity index (χ1n) is 10.9. The minimum absolute atomic E-state index is 0.196. The van der Waals surface area contributed by atoms with Gasteiger partial charge >= 0.3 is 0 Å². The average molecular weight is 475 g/mol. The Morgan fingerprint density at radius 2 is 1.62 bits per heavy atom. The summed E-state index contributed by atoms with van der Waals surface area (Å²) in [6, 6.07) is 27.1. The number of carbonyl (C=O) groups is 1. The molecule has 0 aliphatic rings. The second kappa shape index (κ2) is 9.97. The normalized spacial score (nSPS) is 11.2. The Hall–Kier alpha value is -3.84. The van der Waals surface area contributed by atoms with Crippen LogP contribution in [0.4, 0.5) is 5.69 Å². The molecule has 0 spiro atoms. The molecule has 4 aromatic rings. The number of nitrogens with one attached hydrogen (secondary N) is 1. The zero-order valence-electron chi connectivity index (χ0n) is 19.1. The Kier molecular flexibility index (Phi) is 6.84. The number of hydrogen-bond acceptors (Lipinski definition) is 4. The molecule has 0 atom stereocenters. The van der Waals surface area contributed by atoms with Gasteiger partial charge in [0.05, 0.1) is 17.1 Å². The molecule has 174 valence electrons. The molecule has 0 fully saturated rings. The van der Waals surface area contributed by atoms with Crippen molar-refractivity contribution in [2.24, 2.45) is 0 Å². The Labute approximate surface area is 199 Å². The van der Waals surface area contributed by atoms with Crippen LogP contribution in [0, 0.1) is 6.92 Å². The minimum atomic E-state index is -3.74. The van der Waals surface area contributed by atoms with Crippen LogP contribution in [0.5, 0.6) is 5.75 Å². The molecule has 1 amide bonds. The van der Waals surface area contributed by atoms with Crippen LogP contribution in [-0.2, 0) is 10.0 Å². The molecule has 34 heavy (non-hydrogen) atoms. The third kappa shape index (κ3) is 5.21. The summed E-state index contributed by atoms with van der Waals surface area (Å²) in [5, 5.41) is 5.04. The quantitative estimate of drug-likeness (QED) is 0.373. The molecule has 0 heterocycles. The van der Waals surface area contributed by atoms with Crippen molar-refractivity contribution < 1.29 is 17.9 Å². The number of benzene rings is 4. The molecule has 0 saturated heterocycles. The zero-order valence-corrected chi connectivity index (χ0v) is 19.9. The number of rotatable bonds is 8. The standard InChI is InChI=1S/C27H26N2O4S/c1-20-10-14-26(15-11-20)34(31,32)29(2)24-9-5-8-23(18-24)27(30)28-16-17-33-25-13-12-21-6-3-4-7-22(21)19-25/h3-15,18-19H,16-17H2,1-2H3,(H,28,30). The molecule has 0 bridgehead atoms. The van der Waals surface area contributed by atoms with E-state index >= 15 is 0 Å². The van der Waals surface area contributed by atoms with E-state index in [9.17, 15) is 13.2 Å². The van der Waals surface area contributed by atoms with Crippen molar-refractivity contribution in [1.29, 1.82) is 0 Å². The van der Waals surface area contributed by atoms with E-state index in [1.54, 1.807) is 48.5 Å². The second-order valence-corrected chi connectivity index (χ2v) is 9.92. The van der Waals surface area contributed by atoms with Crippen molar-refractivity contribution in [2.45, 2.75) is 11.8 Å². The van der Waals surface area contributed by atoms with Gasteiger partial charge in [0.1, 0.15) is 12.4 Å². The van der Waals surface area contributed by atoms with Crippen molar-refractivity contribution in [3.05, 3.63) is 102 Å². The summed E-state index contributed by atoms with van der Waals surface area (Å²) >= 11 is 0. The number of aryl methyl sites for hydroxylation is 1. The van der Waals surface area contributed by atoms with Crippen molar-refractivity contribution in [1.82, 2.24) is 5.32 Å². The minimum Gasteiger partial charge on any atom is -0.492 e. The number of amides is 1. The Morgan fingerprint density at radius 3 is 2.38 bits per heavy atom. The van der Waals surface area contributed by atoms with E-state index in [-0.39, 0.29) is 10.8 Å². The highest BCUT2D eigenvalue weighted by atomic mass is 32.2. The van der Waals surface area contributed by atoms with Gasteiger partial charge in [0.25, 0.3) is 15.9 Å². The van der Waals surface area contributed by atoms with E-state index in [1.165, 1.54) is 11.4 Å². The van der Waals surface area contributed by atoms with E-state index in [4.69, 9.17) is 4.74 Å². The molecular weight excluding hydrogens is 448 g/mol. The number of sulfonamides is 1. The molecule has 0 radical (unpaired) electrons. The van der Waals surface area contributed by atoms with Crippen molar-refractivity contribution >= 4 is 32.4 Å². The van der Waals surface area contributed by atoms with Gasteiger partial charge in [-0.3, -0.25) is 9.10 Å². The van der Waals surface area contributed by atoms with E-state index in [0.717, 1.165) is 22.1 Å². The summed E-state index contributed by atoms with van der Waals surface area (Å²) in [6.45, 7) is 2.52. The number of hydrogen-bond donors (Lipinski definition) is 1. The predicted molar refractivity (Wildman–Crippen MR) is 135 cm³/mol. The average Bonchev–Trinajstić information content (AvgIpc) is 2.86. The van der Waals surface area contributed by atoms with Gasteiger partial charge in [-0.25, -0.2) is 8.42 Å². The van der Waals surface area contributed by atoms with Crippen LogP contribution in [0.1, 0.15) is 15.9 Å². The first-order valence-corrected chi connectivity index (χ1v) is 12.3. The fourth-order valence-electron chi connectivity index (χ4n) is 3.54. The number of fused-ring (bicyclic) bond motifs is 1. The second-order valence-electron chi connectivity index (χ2n) is 7.95. The molecule has 0 saturated carbocycles. The molecule has 6 nitrogen and oxygen atoms in total. The van der Waals surface area contributed by atoms with Crippen molar-refractivity contribution in [3.63, 3.8) is 0 Å². The SMILES string of the molecule is Cc1ccc(S(=O)(=O)N(C)c2cccc(C(=O)NCCOc3ccc4ccccc4c3)c2)cc1. The first-order chi connectivity index (χ1) is 16.3. The third-order valence-corrected chi connectivity index (χ3v) is 7.33. The fraction of sp³-hybridized carbons (Fsp3) is 0.148. The van der Waals surface area contributed by atoms with E-state index in [2.05, 4.69) is 5.32 Å². The molecule has 0 aromatic heterocycles. The molecule has 7 heteroatoms. The van der Waals surface area contributed by atoms with Gasteiger partial charge < -0.3 is 10.1 Å². The lowest BCUT2D eigenvalue weighted by atomic mass is 10.1. The van der Waals surface area contributed by atoms with Crippen LogP contribution in [0.15, 0.2) is 95.9 Å². The molecule has 0 unspecified atom stereocenters. The number of anilines is 1. The number of ether oxygens (including phenoxy) is 1. The monoisotopic (exact) mass is 474 g/mol. The topological polar surface area (TPSA) is 75.7 Å². The lowest BCUT2D eigenvalue weighted by Gasteiger charge is -2.20. The van der Waals surface area contributed by atoms with Gasteiger partial charge in [-0.05, 0) is 60.2 Å². The maximum absolute atomic E-state index is 13.0. The molecule has 1 N–H and O–H groups in total. The summed E-state index contributed by atoms with van der Waals surface area (Å²) in [7, 11) is -2.26. The maximum Gasteiger partial charge on any atom is 0.264 e. The van der Waals surface area contributed by atoms with Gasteiger partial charge in [-0.1, -0.05) is 54.1 Å².